The van der Waals surface area contributed by atoms with E-state index in [1.54, 1.807) is 18.1 Å². The van der Waals surface area contributed by atoms with Crippen molar-refractivity contribution in [2.45, 2.75) is 58.4 Å². The number of halogens is 2. The average molecular weight is 556 g/mol. The quantitative estimate of drug-likeness (QED) is 0.307. The summed E-state index contributed by atoms with van der Waals surface area (Å²) in [5.41, 5.74) is 1.69. The minimum absolute atomic E-state index is 0.114. The molecule has 0 unspecified atom stereocenters. The van der Waals surface area contributed by atoms with Crippen molar-refractivity contribution in [3.63, 3.8) is 0 Å². The van der Waals surface area contributed by atoms with Gasteiger partial charge in [-0.05, 0) is 82.1 Å². The topological polar surface area (TPSA) is 60.4 Å². The van der Waals surface area contributed by atoms with Gasteiger partial charge in [-0.15, -0.1) is 0 Å². The summed E-state index contributed by atoms with van der Waals surface area (Å²) >= 11 is 12.4. The van der Waals surface area contributed by atoms with E-state index in [1.165, 1.54) is 0 Å². The minimum atomic E-state index is -0.720. The van der Waals surface area contributed by atoms with Crippen molar-refractivity contribution in [2.24, 2.45) is 4.99 Å². The number of aliphatic imine (C=N–C) groups is 1. The molecule has 1 aliphatic heterocycles. The van der Waals surface area contributed by atoms with Crippen LogP contribution in [0.5, 0.6) is 11.5 Å². The molecule has 0 saturated carbocycles. The van der Waals surface area contributed by atoms with E-state index in [4.69, 9.17) is 42.4 Å². The van der Waals surface area contributed by atoms with Gasteiger partial charge in [0.2, 0.25) is 0 Å². The summed E-state index contributed by atoms with van der Waals surface area (Å²) in [6.07, 6.45) is -0.629. The number of ether oxygens (including phenoxy) is 3. The summed E-state index contributed by atoms with van der Waals surface area (Å²) in [4.78, 5) is 20.6. The highest BCUT2D eigenvalue weighted by molar-refractivity contribution is 6.30. The molecule has 200 valence electrons. The Kier molecular flexibility index (Phi) is 8.24. The molecular formula is C30H32Cl2N2O4. The van der Waals surface area contributed by atoms with E-state index in [1.807, 2.05) is 95.3 Å². The summed E-state index contributed by atoms with van der Waals surface area (Å²) in [7, 11) is 1.60. The van der Waals surface area contributed by atoms with Crippen molar-refractivity contribution in [3.8, 4) is 11.5 Å². The van der Waals surface area contributed by atoms with Crippen LogP contribution in [0.15, 0.2) is 71.7 Å². The van der Waals surface area contributed by atoms with Crippen LogP contribution in [-0.4, -0.2) is 35.6 Å². The lowest BCUT2D eigenvalue weighted by Gasteiger charge is -2.32. The summed E-state index contributed by atoms with van der Waals surface area (Å²) in [6.45, 7) is 9.40. The van der Waals surface area contributed by atoms with E-state index in [0.29, 0.717) is 32.9 Å². The number of nitrogens with zero attached hydrogens (tertiary/aromatic N) is 2. The molecule has 3 aromatic rings. The van der Waals surface area contributed by atoms with Crippen LogP contribution in [0.25, 0.3) is 0 Å². The number of benzene rings is 3. The third-order valence-corrected chi connectivity index (χ3v) is 6.38. The SMILES string of the molecule is COc1ccc(C2=N[C@H](c3ccc(Cl)cc3)[C@@H](c3ccc(Cl)cc3)N2C(=O)OC(C)(C)C)c(OC(C)C)c1. The maximum atomic E-state index is 13.9. The van der Waals surface area contributed by atoms with E-state index >= 15 is 0 Å². The fourth-order valence-electron chi connectivity index (χ4n) is 4.32. The Balaban J connectivity index is 1.95. The van der Waals surface area contributed by atoms with Gasteiger partial charge in [0, 0.05) is 16.1 Å². The van der Waals surface area contributed by atoms with Crippen LogP contribution in [0.2, 0.25) is 10.0 Å². The van der Waals surface area contributed by atoms with Crippen LogP contribution in [0.3, 0.4) is 0 Å². The first-order valence-electron chi connectivity index (χ1n) is 12.4. The second-order valence-electron chi connectivity index (χ2n) is 10.3. The predicted octanol–water partition coefficient (Wildman–Crippen LogP) is 8.27. The molecule has 4 rings (SSSR count). The number of hydrogen-bond acceptors (Lipinski definition) is 5. The normalized spacial score (nSPS) is 17.4. The zero-order valence-electron chi connectivity index (χ0n) is 22.4. The summed E-state index contributed by atoms with van der Waals surface area (Å²) in [5.74, 6) is 1.63. The molecule has 1 heterocycles. The number of methoxy groups -OCH3 is 1. The first kappa shape index (κ1) is 27.8. The van der Waals surface area contributed by atoms with Crippen molar-refractivity contribution in [3.05, 3.63) is 93.5 Å². The van der Waals surface area contributed by atoms with E-state index in [9.17, 15) is 4.79 Å². The number of amidine groups is 1. The molecule has 1 aliphatic rings. The highest BCUT2D eigenvalue weighted by Gasteiger charge is 2.45. The first-order valence-corrected chi connectivity index (χ1v) is 13.2. The van der Waals surface area contributed by atoms with E-state index in [-0.39, 0.29) is 6.10 Å². The maximum absolute atomic E-state index is 13.9. The van der Waals surface area contributed by atoms with Crippen molar-refractivity contribution < 1.29 is 19.0 Å². The van der Waals surface area contributed by atoms with Crippen molar-refractivity contribution >= 4 is 35.1 Å². The number of carbonyl (C=O) groups excluding carboxylic acids is 1. The minimum Gasteiger partial charge on any atom is -0.497 e. The summed E-state index contributed by atoms with van der Waals surface area (Å²) in [5, 5.41) is 1.22. The van der Waals surface area contributed by atoms with Crippen molar-refractivity contribution in [1.82, 2.24) is 4.90 Å². The third-order valence-electron chi connectivity index (χ3n) is 5.87. The third kappa shape index (κ3) is 6.25. The molecule has 2 atom stereocenters. The molecular weight excluding hydrogens is 523 g/mol. The molecule has 0 N–H and O–H groups in total. The molecule has 1 amide bonds. The number of rotatable bonds is 6. The van der Waals surface area contributed by atoms with Crippen LogP contribution >= 0.6 is 23.2 Å². The average Bonchev–Trinajstić information content (AvgIpc) is 3.24. The van der Waals surface area contributed by atoms with E-state index < -0.39 is 23.8 Å². The molecule has 0 saturated heterocycles. The Hall–Kier alpha value is -3.22. The molecule has 6 nitrogen and oxygen atoms in total. The Labute approximate surface area is 234 Å². The molecule has 0 fully saturated rings. The monoisotopic (exact) mass is 554 g/mol. The van der Waals surface area contributed by atoms with Gasteiger partial charge >= 0.3 is 6.09 Å². The Morgan fingerprint density at radius 3 is 2.03 bits per heavy atom. The predicted molar refractivity (Wildman–Crippen MR) is 152 cm³/mol. The van der Waals surface area contributed by atoms with Crippen LogP contribution < -0.4 is 9.47 Å². The standard InChI is InChI=1S/C30H32Cl2N2O4/c1-18(2)37-25-17-23(36-6)15-16-24(25)28-33-26(19-7-11-21(31)12-8-19)27(20-9-13-22(32)14-10-20)34(28)29(35)38-30(3,4)5/h7-18,26-27H,1-6H3/t26-,27-/m1/s1. The van der Waals surface area contributed by atoms with Gasteiger partial charge in [0.05, 0.1) is 24.8 Å². The summed E-state index contributed by atoms with van der Waals surface area (Å²) < 4.78 is 17.5. The van der Waals surface area contributed by atoms with Gasteiger partial charge in [0.25, 0.3) is 0 Å². The van der Waals surface area contributed by atoms with Crippen LogP contribution in [-0.2, 0) is 4.74 Å². The lowest BCUT2D eigenvalue weighted by Crippen LogP contribution is -2.41. The van der Waals surface area contributed by atoms with Gasteiger partial charge < -0.3 is 14.2 Å². The Bertz CT molecular complexity index is 1320. The van der Waals surface area contributed by atoms with Crippen LogP contribution in [0, 0.1) is 0 Å². The molecule has 38 heavy (non-hydrogen) atoms. The van der Waals surface area contributed by atoms with Gasteiger partial charge in [-0.2, -0.15) is 0 Å². The van der Waals surface area contributed by atoms with Gasteiger partial charge in [0.15, 0.2) is 0 Å². The second-order valence-corrected chi connectivity index (χ2v) is 11.2. The van der Waals surface area contributed by atoms with Crippen LogP contribution in [0.1, 0.15) is 63.4 Å². The molecule has 0 spiro atoms. The largest absolute Gasteiger partial charge is 0.497 e. The summed E-state index contributed by atoms with van der Waals surface area (Å²) in [6, 6.07) is 19.5. The van der Waals surface area contributed by atoms with Crippen LogP contribution in [0.4, 0.5) is 4.79 Å². The lowest BCUT2D eigenvalue weighted by molar-refractivity contribution is 0.0316. The van der Waals surface area contributed by atoms with E-state index in [0.717, 1.165) is 11.1 Å². The zero-order chi connectivity index (χ0) is 27.6. The van der Waals surface area contributed by atoms with Crippen molar-refractivity contribution in [2.75, 3.05) is 7.11 Å². The first-order chi connectivity index (χ1) is 18.0. The molecule has 0 radical (unpaired) electrons. The highest BCUT2D eigenvalue weighted by Crippen LogP contribution is 2.46. The fraction of sp³-hybridized carbons (Fsp3) is 0.333. The Morgan fingerprint density at radius 1 is 0.921 bits per heavy atom. The molecule has 0 aromatic heterocycles. The number of amides is 1. The van der Waals surface area contributed by atoms with Crippen molar-refractivity contribution in [1.29, 1.82) is 0 Å². The lowest BCUT2D eigenvalue weighted by atomic mass is 9.94. The number of carbonyl (C=O) groups is 1. The Morgan fingerprint density at radius 2 is 1.50 bits per heavy atom. The second kappa shape index (κ2) is 11.3. The van der Waals surface area contributed by atoms with Gasteiger partial charge in [-0.1, -0.05) is 47.5 Å². The maximum Gasteiger partial charge on any atom is 0.416 e. The van der Waals surface area contributed by atoms with Gasteiger partial charge in [0.1, 0.15) is 29.0 Å². The molecule has 0 aliphatic carbocycles. The van der Waals surface area contributed by atoms with Gasteiger partial charge in [-0.3, -0.25) is 9.89 Å². The molecule has 0 bridgehead atoms. The van der Waals surface area contributed by atoms with E-state index in [2.05, 4.69) is 0 Å². The highest BCUT2D eigenvalue weighted by atomic mass is 35.5. The van der Waals surface area contributed by atoms with Gasteiger partial charge in [-0.25, -0.2) is 4.79 Å². The molecule has 3 aromatic carbocycles. The zero-order valence-corrected chi connectivity index (χ0v) is 23.9. The smallest absolute Gasteiger partial charge is 0.416 e. The fourth-order valence-corrected chi connectivity index (χ4v) is 4.57. The number of hydrogen-bond donors (Lipinski definition) is 0. The molecule has 8 heteroatoms.